The van der Waals surface area contributed by atoms with Crippen LogP contribution in [0.1, 0.15) is 113 Å². The molecule has 1 N–H and O–H groups in total. The minimum absolute atomic E-state index is 0.0556. The maximum absolute atomic E-state index is 16.2. The van der Waals surface area contributed by atoms with Crippen molar-refractivity contribution in [2.75, 3.05) is 0 Å². The Morgan fingerprint density at radius 1 is 1.06 bits per heavy atom. The second-order valence-electron chi connectivity index (χ2n) is 13.6. The lowest BCUT2D eigenvalue weighted by atomic mass is 9.43. The van der Waals surface area contributed by atoms with E-state index in [1.807, 2.05) is 0 Å². The van der Waals surface area contributed by atoms with E-state index in [4.69, 9.17) is 0 Å². The SMILES string of the molecule is CC(C)=CCC[C@@H](C)[C@H]1C[C@H](F)[C@@]2(C)C3=C(CC[C@@]12C)[C@@]1(C)CCC(O)C(C)(C)C1CC3. The van der Waals surface area contributed by atoms with Crippen LogP contribution in [0, 0.1) is 39.4 Å². The van der Waals surface area contributed by atoms with E-state index in [1.165, 1.54) is 17.6 Å². The molecule has 0 aromatic carbocycles. The standard InChI is InChI=1S/C30H49FO/c1-19(2)10-9-11-20(3)23-18-25(31)30(8)22-12-13-24-27(4,5)26(32)15-16-28(24,6)21(22)14-17-29(23,30)7/h10,20,23-26,32H,9,11-18H2,1-8H3/t20-,23-,24?,25+,26?,28-,29+,30-/m1/s1. The zero-order chi connectivity index (χ0) is 23.7. The quantitative estimate of drug-likeness (QED) is 0.431. The Kier molecular flexibility index (Phi) is 6.09. The number of rotatable bonds is 4. The Bertz CT molecular complexity index is 804. The van der Waals surface area contributed by atoms with Crippen molar-refractivity contribution in [2.45, 2.75) is 125 Å². The number of fused-ring (bicyclic) bond motifs is 4. The van der Waals surface area contributed by atoms with E-state index in [-0.39, 0.29) is 27.8 Å². The van der Waals surface area contributed by atoms with Crippen LogP contribution in [-0.4, -0.2) is 17.4 Å². The van der Waals surface area contributed by atoms with Crippen molar-refractivity contribution in [3.05, 3.63) is 22.8 Å². The number of aliphatic hydroxyl groups is 1. The Morgan fingerprint density at radius 3 is 2.41 bits per heavy atom. The minimum Gasteiger partial charge on any atom is -0.393 e. The van der Waals surface area contributed by atoms with E-state index in [2.05, 4.69) is 61.5 Å². The van der Waals surface area contributed by atoms with Gasteiger partial charge in [-0.25, -0.2) is 4.39 Å². The van der Waals surface area contributed by atoms with Gasteiger partial charge in [-0.3, -0.25) is 0 Å². The van der Waals surface area contributed by atoms with Crippen molar-refractivity contribution in [1.82, 2.24) is 0 Å². The van der Waals surface area contributed by atoms with Crippen LogP contribution in [0.5, 0.6) is 0 Å². The van der Waals surface area contributed by atoms with Gasteiger partial charge in [0.05, 0.1) is 6.10 Å². The molecule has 1 nitrogen and oxygen atoms in total. The summed E-state index contributed by atoms with van der Waals surface area (Å²) < 4.78 is 16.2. The number of aliphatic hydroxyl groups excluding tert-OH is 1. The van der Waals surface area contributed by atoms with Crippen LogP contribution < -0.4 is 0 Å². The van der Waals surface area contributed by atoms with Gasteiger partial charge in [0.1, 0.15) is 6.17 Å². The highest BCUT2D eigenvalue weighted by Gasteiger charge is 2.67. The molecule has 0 bridgehead atoms. The number of halogens is 1. The highest BCUT2D eigenvalue weighted by atomic mass is 19.1. The van der Waals surface area contributed by atoms with Crippen LogP contribution >= 0.6 is 0 Å². The molecule has 0 aromatic rings. The Morgan fingerprint density at radius 2 is 1.75 bits per heavy atom. The molecule has 0 amide bonds. The largest absolute Gasteiger partial charge is 0.393 e. The van der Waals surface area contributed by atoms with Crippen molar-refractivity contribution < 1.29 is 9.50 Å². The first kappa shape index (κ1) is 24.5. The predicted molar refractivity (Wildman–Crippen MR) is 133 cm³/mol. The molecular weight excluding hydrogens is 395 g/mol. The summed E-state index contributed by atoms with van der Waals surface area (Å²) >= 11 is 0. The second-order valence-corrected chi connectivity index (χ2v) is 13.6. The van der Waals surface area contributed by atoms with E-state index in [1.54, 1.807) is 5.57 Å². The molecular formula is C30H49FO. The smallest absolute Gasteiger partial charge is 0.110 e. The monoisotopic (exact) mass is 444 g/mol. The fourth-order valence-corrected chi connectivity index (χ4v) is 9.40. The first-order chi connectivity index (χ1) is 14.8. The van der Waals surface area contributed by atoms with Crippen molar-refractivity contribution in [3.63, 3.8) is 0 Å². The summed E-state index contributed by atoms with van der Waals surface area (Å²) in [6, 6.07) is 0. The summed E-state index contributed by atoms with van der Waals surface area (Å²) in [6.07, 6.45) is 10.8. The summed E-state index contributed by atoms with van der Waals surface area (Å²) in [5.41, 5.74) is 4.32. The normalized spacial score (nSPS) is 46.2. The average Bonchev–Trinajstić information content (AvgIpc) is 2.92. The molecule has 2 heteroatoms. The van der Waals surface area contributed by atoms with Crippen molar-refractivity contribution in [3.8, 4) is 0 Å². The molecule has 2 saturated carbocycles. The maximum Gasteiger partial charge on any atom is 0.110 e. The van der Waals surface area contributed by atoms with E-state index in [0.717, 1.165) is 51.4 Å². The van der Waals surface area contributed by atoms with Crippen LogP contribution in [-0.2, 0) is 0 Å². The fraction of sp³-hybridized carbons (Fsp3) is 0.867. The molecule has 0 spiro atoms. The molecule has 4 aliphatic rings. The Balaban J connectivity index is 1.69. The van der Waals surface area contributed by atoms with E-state index >= 15 is 4.39 Å². The number of hydrogen-bond donors (Lipinski definition) is 1. The lowest BCUT2D eigenvalue weighted by Crippen LogP contribution is -2.55. The molecule has 182 valence electrons. The number of allylic oxidation sites excluding steroid dienone is 4. The van der Waals surface area contributed by atoms with E-state index < -0.39 is 6.17 Å². The molecule has 0 saturated heterocycles. The van der Waals surface area contributed by atoms with Gasteiger partial charge in [0, 0.05) is 5.41 Å². The zero-order valence-corrected chi connectivity index (χ0v) is 22.2. The molecule has 2 unspecified atom stereocenters. The van der Waals surface area contributed by atoms with Crippen LogP contribution in [0.4, 0.5) is 4.39 Å². The molecule has 0 aromatic heterocycles. The molecule has 2 fully saturated rings. The van der Waals surface area contributed by atoms with Crippen LogP contribution in [0.3, 0.4) is 0 Å². The van der Waals surface area contributed by atoms with Gasteiger partial charge in [-0.15, -0.1) is 0 Å². The third kappa shape index (κ3) is 3.24. The average molecular weight is 445 g/mol. The minimum atomic E-state index is -0.726. The van der Waals surface area contributed by atoms with Crippen molar-refractivity contribution in [1.29, 1.82) is 0 Å². The molecule has 4 aliphatic carbocycles. The highest BCUT2D eigenvalue weighted by molar-refractivity contribution is 5.40. The highest BCUT2D eigenvalue weighted by Crippen LogP contribution is 2.73. The van der Waals surface area contributed by atoms with Crippen LogP contribution in [0.15, 0.2) is 22.8 Å². The molecule has 0 heterocycles. The first-order valence-electron chi connectivity index (χ1n) is 13.5. The number of hydrogen-bond acceptors (Lipinski definition) is 1. The summed E-state index contributed by atoms with van der Waals surface area (Å²) in [5.74, 6) is 1.54. The summed E-state index contributed by atoms with van der Waals surface area (Å²) in [6.45, 7) is 18.5. The van der Waals surface area contributed by atoms with Gasteiger partial charge in [0.15, 0.2) is 0 Å². The summed E-state index contributed by atoms with van der Waals surface area (Å²) in [5, 5.41) is 10.8. The second kappa shape index (κ2) is 7.96. The fourth-order valence-electron chi connectivity index (χ4n) is 9.40. The van der Waals surface area contributed by atoms with Gasteiger partial charge >= 0.3 is 0 Å². The summed E-state index contributed by atoms with van der Waals surface area (Å²) in [7, 11) is 0. The third-order valence-corrected chi connectivity index (χ3v) is 11.7. The van der Waals surface area contributed by atoms with Crippen molar-refractivity contribution in [2.24, 2.45) is 39.4 Å². The van der Waals surface area contributed by atoms with Gasteiger partial charge in [-0.2, -0.15) is 0 Å². The van der Waals surface area contributed by atoms with Gasteiger partial charge < -0.3 is 5.11 Å². The molecule has 8 atom stereocenters. The maximum atomic E-state index is 16.2. The van der Waals surface area contributed by atoms with E-state index in [0.29, 0.717) is 17.8 Å². The van der Waals surface area contributed by atoms with Crippen LogP contribution in [0.25, 0.3) is 0 Å². The van der Waals surface area contributed by atoms with Crippen molar-refractivity contribution >= 4 is 0 Å². The first-order valence-corrected chi connectivity index (χ1v) is 13.5. The Hall–Kier alpha value is -0.630. The Labute approximate surface area is 197 Å². The molecule has 4 rings (SSSR count). The summed E-state index contributed by atoms with van der Waals surface area (Å²) in [4.78, 5) is 0. The predicted octanol–water partition coefficient (Wildman–Crippen LogP) is 8.43. The third-order valence-electron chi connectivity index (χ3n) is 11.7. The number of alkyl halides is 1. The van der Waals surface area contributed by atoms with Gasteiger partial charge in [-0.05, 0) is 106 Å². The van der Waals surface area contributed by atoms with Gasteiger partial charge in [-0.1, -0.05) is 64.3 Å². The zero-order valence-electron chi connectivity index (χ0n) is 22.2. The topological polar surface area (TPSA) is 20.2 Å². The lowest BCUT2D eigenvalue weighted by molar-refractivity contribution is -0.0979. The molecule has 32 heavy (non-hydrogen) atoms. The molecule has 0 radical (unpaired) electrons. The van der Waals surface area contributed by atoms with Gasteiger partial charge in [0.2, 0.25) is 0 Å². The van der Waals surface area contributed by atoms with Gasteiger partial charge in [0.25, 0.3) is 0 Å². The molecule has 0 aliphatic heterocycles. The lowest BCUT2D eigenvalue weighted by Gasteiger charge is -2.62. The van der Waals surface area contributed by atoms with Crippen LogP contribution in [0.2, 0.25) is 0 Å². The van der Waals surface area contributed by atoms with E-state index in [9.17, 15) is 5.11 Å².